The van der Waals surface area contributed by atoms with E-state index >= 15 is 0 Å². The van der Waals surface area contributed by atoms with E-state index < -0.39 is 35.0 Å². The standard InChI is InChI=1S/C30H47N3O6/c1-12-38-27(36)20(4)16-23(19(2)3)33(11)26(35)24(29(5,6)7)32-25(34)22-15-13-14-21(17-22)18-31-28(37)39-30(8,9)10/h13-17,19,23-24H,12,18H2,1-11H3,(H,31,37)(H,32,34)/b20-16+/t23-,24-/m1/s1. The van der Waals surface area contributed by atoms with Crippen LogP contribution in [0, 0.1) is 11.3 Å². The van der Waals surface area contributed by atoms with Crippen LogP contribution in [0.2, 0.25) is 0 Å². The van der Waals surface area contributed by atoms with Gasteiger partial charge in [0.2, 0.25) is 5.91 Å². The van der Waals surface area contributed by atoms with E-state index in [1.54, 1.807) is 76.9 Å². The van der Waals surface area contributed by atoms with Crippen molar-refractivity contribution in [2.45, 2.75) is 93.5 Å². The van der Waals surface area contributed by atoms with Gasteiger partial charge in [0, 0.05) is 24.7 Å². The molecule has 218 valence electrons. The maximum absolute atomic E-state index is 13.7. The Morgan fingerprint density at radius 2 is 1.67 bits per heavy atom. The molecular formula is C30H47N3O6. The fraction of sp³-hybridized carbons (Fsp3) is 0.600. The highest BCUT2D eigenvalue weighted by Gasteiger charge is 2.37. The largest absolute Gasteiger partial charge is 0.463 e. The summed E-state index contributed by atoms with van der Waals surface area (Å²) in [7, 11) is 1.68. The number of nitrogens with one attached hydrogen (secondary N) is 2. The molecule has 0 saturated heterocycles. The van der Waals surface area contributed by atoms with Crippen molar-refractivity contribution >= 4 is 23.9 Å². The van der Waals surface area contributed by atoms with E-state index in [1.807, 2.05) is 34.6 Å². The van der Waals surface area contributed by atoms with Crippen molar-refractivity contribution in [3.05, 3.63) is 47.0 Å². The van der Waals surface area contributed by atoms with Gasteiger partial charge in [0.1, 0.15) is 11.6 Å². The summed E-state index contributed by atoms with van der Waals surface area (Å²) in [6, 6.07) is 5.62. The lowest BCUT2D eigenvalue weighted by atomic mass is 9.85. The van der Waals surface area contributed by atoms with Gasteiger partial charge in [0.15, 0.2) is 0 Å². The summed E-state index contributed by atoms with van der Waals surface area (Å²) in [6.45, 7) is 18.8. The number of ether oxygens (including phenoxy) is 2. The van der Waals surface area contributed by atoms with E-state index in [2.05, 4.69) is 10.6 Å². The number of alkyl carbamates (subject to hydrolysis) is 1. The zero-order valence-corrected chi connectivity index (χ0v) is 25.4. The molecule has 0 spiro atoms. The van der Waals surface area contributed by atoms with Gasteiger partial charge in [0.25, 0.3) is 5.91 Å². The number of hydrogen-bond donors (Lipinski definition) is 2. The summed E-state index contributed by atoms with van der Waals surface area (Å²) in [5.74, 6) is -1.10. The van der Waals surface area contributed by atoms with Gasteiger partial charge >= 0.3 is 12.1 Å². The summed E-state index contributed by atoms with van der Waals surface area (Å²) in [4.78, 5) is 52.8. The van der Waals surface area contributed by atoms with Crippen molar-refractivity contribution in [3.63, 3.8) is 0 Å². The average Bonchev–Trinajstić information content (AvgIpc) is 2.81. The molecule has 9 nitrogen and oxygen atoms in total. The second kappa shape index (κ2) is 14.1. The molecule has 2 N–H and O–H groups in total. The lowest BCUT2D eigenvalue weighted by Crippen LogP contribution is -2.56. The topological polar surface area (TPSA) is 114 Å². The van der Waals surface area contributed by atoms with E-state index in [9.17, 15) is 19.2 Å². The van der Waals surface area contributed by atoms with Crippen LogP contribution in [-0.2, 0) is 25.6 Å². The molecule has 9 heteroatoms. The van der Waals surface area contributed by atoms with Crippen LogP contribution < -0.4 is 10.6 Å². The molecule has 0 radical (unpaired) electrons. The van der Waals surface area contributed by atoms with Crippen LogP contribution in [0.25, 0.3) is 0 Å². The SMILES string of the molecule is CCOC(=O)/C(C)=C/[C@H](C(C)C)N(C)C(=O)[C@@H](NC(=O)c1cccc(CNC(=O)OC(C)(C)C)c1)C(C)(C)C. The maximum Gasteiger partial charge on any atom is 0.407 e. The molecule has 0 aromatic heterocycles. The van der Waals surface area contributed by atoms with Gasteiger partial charge in [-0.05, 0) is 63.6 Å². The molecule has 0 aliphatic carbocycles. The first-order chi connectivity index (χ1) is 17.9. The Hall–Kier alpha value is -3.36. The summed E-state index contributed by atoms with van der Waals surface area (Å²) >= 11 is 0. The van der Waals surface area contributed by atoms with Gasteiger partial charge in [-0.1, -0.05) is 52.8 Å². The Bertz CT molecular complexity index is 1050. The van der Waals surface area contributed by atoms with E-state index in [-0.39, 0.29) is 31.0 Å². The van der Waals surface area contributed by atoms with Gasteiger partial charge in [-0.25, -0.2) is 9.59 Å². The fourth-order valence-electron chi connectivity index (χ4n) is 3.85. The zero-order chi connectivity index (χ0) is 30.1. The van der Waals surface area contributed by atoms with Crippen molar-refractivity contribution in [2.24, 2.45) is 11.3 Å². The van der Waals surface area contributed by atoms with Crippen LogP contribution in [0.5, 0.6) is 0 Å². The van der Waals surface area contributed by atoms with Gasteiger partial charge in [-0.2, -0.15) is 0 Å². The number of likely N-dealkylation sites (N-methyl/N-ethyl adjacent to an activating group) is 1. The first kappa shape index (κ1) is 33.7. The van der Waals surface area contributed by atoms with E-state index in [4.69, 9.17) is 9.47 Å². The lowest BCUT2D eigenvalue weighted by Gasteiger charge is -2.37. The highest BCUT2D eigenvalue weighted by molar-refractivity contribution is 5.98. The number of amides is 3. The third-order valence-corrected chi connectivity index (χ3v) is 5.91. The van der Waals surface area contributed by atoms with Crippen LogP contribution in [0.3, 0.4) is 0 Å². The molecule has 0 saturated carbocycles. The van der Waals surface area contributed by atoms with Crippen LogP contribution in [0.4, 0.5) is 4.79 Å². The number of rotatable bonds is 10. The summed E-state index contributed by atoms with van der Waals surface area (Å²) in [5, 5.41) is 5.59. The normalized spacial score (nSPS) is 13.8. The molecule has 0 bridgehead atoms. The molecule has 3 amide bonds. The molecule has 0 heterocycles. The molecule has 1 aromatic carbocycles. The Morgan fingerprint density at radius 3 is 2.18 bits per heavy atom. The first-order valence-electron chi connectivity index (χ1n) is 13.4. The minimum atomic E-state index is -0.837. The molecule has 0 fully saturated rings. The Labute approximate surface area is 233 Å². The van der Waals surface area contributed by atoms with Crippen molar-refractivity contribution in [2.75, 3.05) is 13.7 Å². The Kier molecular flexibility index (Phi) is 12.2. The van der Waals surface area contributed by atoms with Crippen molar-refractivity contribution in [1.82, 2.24) is 15.5 Å². The van der Waals surface area contributed by atoms with Crippen LogP contribution in [-0.4, -0.2) is 60.1 Å². The quantitative estimate of drug-likeness (QED) is 0.321. The van der Waals surface area contributed by atoms with Gasteiger partial charge < -0.3 is 25.0 Å². The molecule has 2 atom stereocenters. The van der Waals surface area contributed by atoms with Gasteiger partial charge in [0.05, 0.1) is 12.6 Å². The van der Waals surface area contributed by atoms with Gasteiger partial charge in [-0.3, -0.25) is 9.59 Å². The van der Waals surface area contributed by atoms with Crippen molar-refractivity contribution in [3.8, 4) is 0 Å². The Morgan fingerprint density at radius 1 is 1.05 bits per heavy atom. The van der Waals surface area contributed by atoms with E-state index in [1.165, 1.54) is 0 Å². The minimum absolute atomic E-state index is 0.00815. The van der Waals surface area contributed by atoms with E-state index in [0.29, 0.717) is 16.7 Å². The van der Waals surface area contributed by atoms with E-state index in [0.717, 1.165) is 0 Å². The van der Waals surface area contributed by atoms with Crippen molar-refractivity contribution in [1.29, 1.82) is 0 Å². The zero-order valence-electron chi connectivity index (χ0n) is 25.4. The maximum atomic E-state index is 13.7. The smallest absolute Gasteiger partial charge is 0.407 e. The molecule has 0 aliphatic rings. The Balaban J connectivity index is 3.12. The van der Waals surface area contributed by atoms with Crippen LogP contribution in [0.1, 0.15) is 85.2 Å². The summed E-state index contributed by atoms with van der Waals surface area (Å²) in [6.07, 6.45) is 1.19. The summed E-state index contributed by atoms with van der Waals surface area (Å²) < 4.78 is 10.4. The lowest BCUT2D eigenvalue weighted by molar-refractivity contribution is -0.139. The van der Waals surface area contributed by atoms with Crippen LogP contribution in [0.15, 0.2) is 35.9 Å². The molecule has 1 aromatic rings. The average molecular weight is 546 g/mol. The molecule has 0 unspecified atom stereocenters. The third-order valence-electron chi connectivity index (χ3n) is 5.91. The number of carbonyl (C=O) groups is 4. The fourth-order valence-corrected chi connectivity index (χ4v) is 3.85. The number of benzene rings is 1. The highest BCUT2D eigenvalue weighted by atomic mass is 16.6. The summed E-state index contributed by atoms with van der Waals surface area (Å²) in [5.41, 5.74) is 0.280. The number of esters is 1. The number of nitrogens with zero attached hydrogens (tertiary/aromatic N) is 1. The van der Waals surface area contributed by atoms with Gasteiger partial charge in [-0.15, -0.1) is 0 Å². The highest BCUT2D eigenvalue weighted by Crippen LogP contribution is 2.24. The molecule has 1 rings (SSSR count). The minimum Gasteiger partial charge on any atom is -0.463 e. The second-order valence-electron chi connectivity index (χ2n) is 12.1. The van der Waals surface area contributed by atoms with Crippen molar-refractivity contribution < 1.29 is 28.7 Å². The third kappa shape index (κ3) is 11.1. The predicted octanol–water partition coefficient (Wildman–Crippen LogP) is 4.85. The predicted molar refractivity (Wildman–Crippen MR) is 152 cm³/mol. The first-order valence-corrected chi connectivity index (χ1v) is 13.4. The monoisotopic (exact) mass is 545 g/mol. The number of carbonyl (C=O) groups excluding carboxylic acids is 4. The molecular weight excluding hydrogens is 498 g/mol. The number of hydrogen-bond acceptors (Lipinski definition) is 6. The second-order valence-corrected chi connectivity index (χ2v) is 12.1. The molecule has 0 aliphatic heterocycles. The molecule has 39 heavy (non-hydrogen) atoms. The van der Waals surface area contributed by atoms with Crippen LogP contribution >= 0.6 is 0 Å².